The van der Waals surface area contributed by atoms with Crippen LogP contribution in [0.1, 0.15) is 49.9 Å². The minimum absolute atomic E-state index is 0.148. The largest absolute Gasteiger partial charge is 0.467 e. The summed E-state index contributed by atoms with van der Waals surface area (Å²) in [6.07, 6.45) is 3.03. The third kappa shape index (κ3) is 6.11. The lowest BCUT2D eigenvalue weighted by molar-refractivity contribution is -0.150. The van der Waals surface area contributed by atoms with Gasteiger partial charge in [0, 0.05) is 17.9 Å². The first kappa shape index (κ1) is 23.0. The SMILES string of the molecule is Cc1cc(/C=C(\C#N)C(=O)O[C@@H](C)C(=O)NCc2ccco2)c(C)n1CCC(C)C. The number of amides is 1. The van der Waals surface area contributed by atoms with Gasteiger partial charge in [0.1, 0.15) is 17.4 Å². The van der Waals surface area contributed by atoms with E-state index in [2.05, 4.69) is 23.7 Å². The molecule has 0 aromatic carbocycles. The zero-order valence-corrected chi connectivity index (χ0v) is 18.2. The molecule has 1 atom stereocenters. The van der Waals surface area contributed by atoms with Crippen LogP contribution in [-0.2, 0) is 27.4 Å². The highest BCUT2D eigenvalue weighted by molar-refractivity contribution is 5.99. The maximum atomic E-state index is 12.4. The Morgan fingerprint density at radius 2 is 2.07 bits per heavy atom. The average Bonchev–Trinajstić information content (AvgIpc) is 3.30. The number of nitrogens with zero attached hydrogens (tertiary/aromatic N) is 2. The van der Waals surface area contributed by atoms with E-state index >= 15 is 0 Å². The second kappa shape index (κ2) is 10.5. The number of ether oxygens (including phenoxy) is 1. The van der Waals surface area contributed by atoms with Crippen LogP contribution in [0.25, 0.3) is 6.08 Å². The molecule has 1 N–H and O–H groups in total. The molecule has 0 aliphatic rings. The van der Waals surface area contributed by atoms with Crippen molar-refractivity contribution in [3.63, 3.8) is 0 Å². The van der Waals surface area contributed by atoms with Gasteiger partial charge >= 0.3 is 5.97 Å². The standard InChI is InChI=1S/C23H29N3O4/c1-15(2)8-9-26-16(3)11-19(17(26)4)12-20(13-24)23(28)30-18(5)22(27)25-14-21-7-6-10-29-21/h6-7,10-12,15,18H,8-9,14H2,1-5H3,(H,25,27)/b20-12+/t18-/m0/s1. The second-order valence-electron chi connectivity index (χ2n) is 7.68. The van der Waals surface area contributed by atoms with Gasteiger partial charge in [0.25, 0.3) is 5.91 Å². The molecule has 0 fully saturated rings. The van der Waals surface area contributed by atoms with E-state index in [1.807, 2.05) is 26.0 Å². The molecule has 0 bridgehead atoms. The topological polar surface area (TPSA) is 97.3 Å². The summed E-state index contributed by atoms with van der Waals surface area (Å²) >= 11 is 0. The third-order valence-corrected chi connectivity index (χ3v) is 4.85. The van der Waals surface area contributed by atoms with Crippen molar-refractivity contribution in [3.05, 3.63) is 52.7 Å². The molecule has 0 spiro atoms. The maximum Gasteiger partial charge on any atom is 0.349 e. The Morgan fingerprint density at radius 1 is 1.33 bits per heavy atom. The van der Waals surface area contributed by atoms with Gasteiger partial charge in [-0.05, 0) is 62.9 Å². The first-order valence-electron chi connectivity index (χ1n) is 10.0. The molecular formula is C23H29N3O4. The van der Waals surface area contributed by atoms with E-state index in [0.29, 0.717) is 11.7 Å². The number of nitrogens with one attached hydrogen (secondary N) is 1. The second-order valence-corrected chi connectivity index (χ2v) is 7.68. The molecule has 0 radical (unpaired) electrons. The maximum absolute atomic E-state index is 12.4. The van der Waals surface area contributed by atoms with Crippen molar-refractivity contribution in [2.75, 3.05) is 0 Å². The van der Waals surface area contributed by atoms with Crippen LogP contribution in [0, 0.1) is 31.1 Å². The van der Waals surface area contributed by atoms with E-state index in [9.17, 15) is 14.9 Å². The summed E-state index contributed by atoms with van der Waals surface area (Å²) in [6.45, 7) is 10.8. The number of aryl methyl sites for hydroxylation is 1. The summed E-state index contributed by atoms with van der Waals surface area (Å²) in [5.74, 6) is -0.128. The molecule has 160 valence electrons. The van der Waals surface area contributed by atoms with Gasteiger partial charge in [0.2, 0.25) is 0 Å². The summed E-state index contributed by atoms with van der Waals surface area (Å²) in [4.78, 5) is 24.6. The molecule has 2 aromatic heterocycles. The number of nitriles is 1. The van der Waals surface area contributed by atoms with E-state index in [4.69, 9.17) is 9.15 Å². The molecule has 0 unspecified atom stereocenters. The van der Waals surface area contributed by atoms with Crippen LogP contribution < -0.4 is 5.32 Å². The smallest absolute Gasteiger partial charge is 0.349 e. The highest BCUT2D eigenvalue weighted by Crippen LogP contribution is 2.20. The van der Waals surface area contributed by atoms with Gasteiger partial charge < -0.3 is 19.0 Å². The van der Waals surface area contributed by atoms with E-state index in [0.717, 1.165) is 29.9 Å². The normalized spacial score (nSPS) is 12.5. The number of hydrogen-bond acceptors (Lipinski definition) is 5. The number of furan rings is 1. The van der Waals surface area contributed by atoms with Crippen LogP contribution in [0.15, 0.2) is 34.5 Å². The lowest BCUT2D eigenvalue weighted by Gasteiger charge is -2.13. The Morgan fingerprint density at radius 3 is 2.67 bits per heavy atom. The number of esters is 1. The van der Waals surface area contributed by atoms with Gasteiger partial charge in [0.05, 0.1) is 12.8 Å². The Kier molecular flexibility index (Phi) is 8.05. The fourth-order valence-electron chi connectivity index (χ4n) is 3.01. The van der Waals surface area contributed by atoms with Crippen molar-refractivity contribution in [1.29, 1.82) is 5.26 Å². The molecule has 0 saturated carbocycles. The highest BCUT2D eigenvalue weighted by atomic mass is 16.5. The Labute approximate surface area is 177 Å². The van der Waals surface area contributed by atoms with Crippen LogP contribution in [0.3, 0.4) is 0 Å². The molecule has 7 nitrogen and oxygen atoms in total. The average molecular weight is 412 g/mol. The van der Waals surface area contributed by atoms with Crippen LogP contribution in [0.2, 0.25) is 0 Å². The molecule has 2 heterocycles. The van der Waals surface area contributed by atoms with Crippen LogP contribution in [0.4, 0.5) is 0 Å². The first-order valence-corrected chi connectivity index (χ1v) is 10.0. The van der Waals surface area contributed by atoms with Crippen molar-refractivity contribution < 1.29 is 18.7 Å². The Hall–Kier alpha value is -3.27. The number of aromatic nitrogens is 1. The molecule has 7 heteroatoms. The molecule has 0 saturated heterocycles. The van der Waals surface area contributed by atoms with E-state index in [-0.39, 0.29) is 12.1 Å². The Balaban J connectivity index is 2.05. The minimum atomic E-state index is -1.04. The van der Waals surface area contributed by atoms with Crippen molar-refractivity contribution in [3.8, 4) is 6.07 Å². The lowest BCUT2D eigenvalue weighted by Crippen LogP contribution is -2.35. The number of carbonyl (C=O) groups is 2. The summed E-state index contributed by atoms with van der Waals surface area (Å²) < 4.78 is 12.5. The first-order chi connectivity index (χ1) is 14.2. The molecule has 2 aromatic rings. The fraction of sp³-hybridized carbons (Fsp3) is 0.435. The predicted octanol–water partition coefficient (Wildman–Crippen LogP) is 3.90. The van der Waals surface area contributed by atoms with Crippen molar-refractivity contribution >= 4 is 18.0 Å². The summed E-state index contributed by atoms with van der Waals surface area (Å²) in [7, 11) is 0. The molecule has 1 amide bonds. The van der Waals surface area contributed by atoms with Crippen molar-refractivity contribution in [2.24, 2.45) is 5.92 Å². The summed E-state index contributed by atoms with van der Waals surface area (Å²) in [5.41, 5.74) is 2.69. The molecule has 0 aliphatic heterocycles. The molecule has 0 aliphatic carbocycles. The Bertz CT molecular complexity index is 946. The quantitative estimate of drug-likeness (QED) is 0.383. The minimum Gasteiger partial charge on any atom is -0.467 e. The van der Waals surface area contributed by atoms with Crippen LogP contribution in [-0.4, -0.2) is 22.5 Å². The highest BCUT2D eigenvalue weighted by Gasteiger charge is 2.21. The van der Waals surface area contributed by atoms with Gasteiger partial charge in [-0.15, -0.1) is 0 Å². The number of hydrogen-bond donors (Lipinski definition) is 1. The van der Waals surface area contributed by atoms with Gasteiger partial charge in [-0.25, -0.2) is 4.79 Å². The van der Waals surface area contributed by atoms with Gasteiger partial charge in [-0.2, -0.15) is 5.26 Å². The summed E-state index contributed by atoms with van der Waals surface area (Å²) in [5, 5.41) is 12.1. The van der Waals surface area contributed by atoms with E-state index in [1.54, 1.807) is 12.1 Å². The lowest BCUT2D eigenvalue weighted by atomic mass is 10.1. The van der Waals surface area contributed by atoms with Gasteiger partial charge in [-0.3, -0.25) is 4.79 Å². The van der Waals surface area contributed by atoms with E-state index in [1.165, 1.54) is 19.3 Å². The van der Waals surface area contributed by atoms with Crippen molar-refractivity contribution in [1.82, 2.24) is 9.88 Å². The fourth-order valence-corrected chi connectivity index (χ4v) is 3.01. The predicted molar refractivity (Wildman–Crippen MR) is 113 cm³/mol. The number of rotatable bonds is 9. The third-order valence-electron chi connectivity index (χ3n) is 4.85. The van der Waals surface area contributed by atoms with Crippen molar-refractivity contribution in [2.45, 2.75) is 60.2 Å². The van der Waals surface area contributed by atoms with Crippen LogP contribution in [0.5, 0.6) is 0 Å². The van der Waals surface area contributed by atoms with Gasteiger partial charge in [-0.1, -0.05) is 13.8 Å². The zero-order valence-electron chi connectivity index (χ0n) is 18.2. The molecule has 2 rings (SSSR count). The molecule has 30 heavy (non-hydrogen) atoms. The monoisotopic (exact) mass is 411 g/mol. The molecular weight excluding hydrogens is 382 g/mol. The zero-order chi connectivity index (χ0) is 22.3. The summed E-state index contributed by atoms with van der Waals surface area (Å²) in [6, 6.07) is 7.27. The van der Waals surface area contributed by atoms with E-state index < -0.39 is 18.0 Å². The van der Waals surface area contributed by atoms with Gasteiger partial charge in [0.15, 0.2) is 6.10 Å². The van der Waals surface area contributed by atoms with Crippen LogP contribution >= 0.6 is 0 Å². The number of carbonyl (C=O) groups excluding carboxylic acids is 2.